The summed E-state index contributed by atoms with van der Waals surface area (Å²) in [4.78, 5) is 26.7. The number of hydrogen-bond acceptors (Lipinski definition) is 4. The van der Waals surface area contributed by atoms with Crippen molar-refractivity contribution in [1.82, 2.24) is 0 Å². The van der Waals surface area contributed by atoms with Gasteiger partial charge in [0.2, 0.25) is 12.2 Å². The molecule has 0 saturated carbocycles. The van der Waals surface area contributed by atoms with Gasteiger partial charge in [0.25, 0.3) is 0 Å². The zero-order valence-electron chi connectivity index (χ0n) is 6.87. The molecule has 1 rings (SSSR count). The van der Waals surface area contributed by atoms with Gasteiger partial charge in [-0.2, -0.15) is 9.98 Å². The van der Waals surface area contributed by atoms with Gasteiger partial charge in [-0.1, -0.05) is 0 Å². The molecule has 4 nitrogen and oxygen atoms in total. The summed E-state index contributed by atoms with van der Waals surface area (Å²) in [7, 11) is 0. The molecule has 0 amide bonds. The minimum Gasteiger partial charge on any atom is -0.211 e. The van der Waals surface area contributed by atoms with Gasteiger partial charge in [0.05, 0.1) is 11.4 Å². The molecule has 1 aromatic carbocycles. The molecular formula is C9H5N2O2. The average Bonchev–Trinajstić information content (AvgIpc) is 2.12. The molecule has 0 aromatic heterocycles. The number of rotatable bonds is 2. The van der Waals surface area contributed by atoms with E-state index < -0.39 is 0 Å². The fourth-order valence-electron chi connectivity index (χ4n) is 0.829. The summed E-state index contributed by atoms with van der Waals surface area (Å²) in [6, 6.07) is 5.80. The molecule has 0 spiro atoms. The molecule has 0 N–H and O–H groups in total. The number of nitrogens with zero attached hydrogens (tertiary/aromatic N) is 2. The maximum atomic E-state index is 9.98. The Morgan fingerprint density at radius 2 is 2.00 bits per heavy atom. The van der Waals surface area contributed by atoms with Gasteiger partial charge >= 0.3 is 0 Å². The second-order valence-corrected chi connectivity index (χ2v) is 2.27. The number of aliphatic imine (C=N–C) groups is 2. The Bertz CT molecular complexity index is 414. The summed E-state index contributed by atoms with van der Waals surface area (Å²) in [5.41, 5.74) is 1.48. The van der Waals surface area contributed by atoms with Gasteiger partial charge in [-0.15, -0.1) is 0 Å². The topological polar surface area (TPSA) is 58.9 Å². The first-order valence-corrected chi connectivity index (χ1v) is 3.46. The summed E-state index contributed by atoms with van der Waals surface area (Å²) in [6.45, 7) is 1.74. The summed E-state index contributed by atoms with van der Waals surface area (Å²) in [5.74, 6) is 0. The number of hydrogen-bond donors (Lipinski definition) is 0. The highest BCUT2D eigenvalue weighted by atomic mass is 16.1. The van der Waals surface area contributed by atoms with Crippen molar-refractivity contribution in [3.63, 3.8) is 0 Å². The molecule has 0 unspecified atom stereocenters. The summed E-state index contributed by atoms with van der Waals surface area (Å²) in [5, 5.41) is 0. The largest absolute Gasteiger partial charge is 0.240 e. The van der Waals surface area contributed by atoms with E-state index >= 15 is 0 Å². The smallest absolute Gasteiger partial charge is 0.211 e. The van der Waals surface area contributed by atoms with Gasteiger partial charge in [-0.05, 0) is 30.7 Å². The first-order valence-electron chi connectivity index (χ1n) is 3.46. The first kappa shape index (κ1) is 9.07. The molecular weight excluding hydrogens is 168 g/mol. The Morgan fingerprint density at radius 3 is 2.62 bits per heavy atom. The number of isocyanates is 2. The van der Waals surface area contributed by atoms with Crippen molar-refractivity contribution in [2.75, 3.05) is 0 Å². The number of aryl methyl sites for hydroxylation is 1. The van der Waals surface area contributed by atoms with Crippen LogP contribution in [0.2, 0.25) is 0 Å². The normalized spacial score (nSPS) is 8.38. The predicted molar refractivity (Wildman–Crippen MR) is 45.6 cm³/mol. The molecule has 13 heavy (non-hydrogen) atoms. The molecule has 0 bridgehead atoms. The lowest BCUT2D eigenvalue weighted by Gasteiger charge is -1.96. The Morgan fingerprint density at radius 1 is 1.31 bits per heavy atom. The maximum absolute atomic E-state index is 9.98. The monoisotopic (exact) mass is 173 g/mol. The summed E-state index contributed by atoms with van der Waals surface area (Å²) >= 11 is 0. The standard InChI is InChI=1S/C9H5N2O2/c1-7-2-3-8(10-5-12)4-9(7)11-6-13/h3-4H,1H3. The van der Waals surface area contributed by atoms with Crippen molar-refractivity contribution in [2.24, 2.45) is 9.98 Å². The van der Waals surface area contributed by atoms with Crippen molar-refractivity contribution < 1.29 is 9.59 Å². The Balaban J connectivity index is 3.25. The van der Waals surface area contributed by atoms with Crippen molar-refractivity contribution in [3.8, 4) is 0 Å². The number of carbonyl (C=O) groups excluding carboxylic acids is 2. The quantitative estimate of drug-likeness (QED) is 0.505. The van der Waals surface area contributed by atoms with Crippen molar-refractivity contribution >= 4 is 23.5 Å². The Labute approximate surface area is 74.6 Å². The number of benzene rings is 1. The van der Waals surface area contributed by atoms with E-state index in [1.807, 2.05) is 0 Å². The fraction of sp³-hybridized carbons (Fsp3) is 0.111. The molecule has 63 valence electrons. The molecule has 0 aliphatic carbocycles. The van der Waals surface area contributed by atoms with Crippen LogP contribution in [-0.4, -0.2) is 12.2 Å². The molecule has 0 saturated heterocycles. The van der Waals surface area contributed by atoms with E-state index in [2.05, 4.69) is 16.1 Å². The second-order valence-electron chi connectivity index (χ2n) is 2.27. The van der Waals surface area contributed by atoms with Gasteiger partial charge < -0.3 is 0 Å². The van der Waals surface area contributed by atoms with Crippen LogP contribution < -0.4 is 0 Å². The Hall–Kier alpha value is -2.02. The van der Waals surface area contributed by atoms with E-state index in [-0.39, 0.29) is 0 Å². The van der Waals surface area contributed by atoms with Crippen molar-refractivity contribution in [3.05, 3.63) is 23.8 Å². The lowest BCUT2D eigenvalue weighted by atomic mass is 10.2. The lowest BCUT2D eigenvalue weighted by molar-refractivity contribution is 0.565. The van der Waals surface area contributed by atoms with Gasteiger partial charge in [0.15, 0.2) is 0 Å². The van der Waals surface area contributed by atoms with Crippen LogP contribution in [0, 0.1) is 13.0 Å². The second kappa shape index (κ2) is 4.12. The molecule has 0 heterocycles. The van der Waals surface area contributed by atoms with E-state index in [0.717, 1.165) is 0 Å². The highest BCUT2D eigenvalue weighted by Gasteiger charge is 1.97. The van der Waals surface area contributed by atoms with E-state index in [0.29, 0.717) is 16.9 Å². The average molecular weight is 173 g/mol. The molecule has 4 heteroatoms. The SMILES string of the molecule is Cc1[c]cc(N=C=O)cc1N=C=O. The van der Waals surface area contributed by atoms with Crippen LogP contribution in [0.5, 0.6) is 0 Å². The predicted octanol–water partition coefficient (Wildman–Crippen LogP) is 1.73. The van der Waals surface area contributed by atoms with Crippen LogP contribution in [0.1, 0.15) is 5.56 Å². The van der Waals surface area contributed by atoms with Crippen molar-refractivity contribution in [2.45, 2.75) is 6.92 Å². The highest BCUT2D eigenvalue weighted by Crippen LogP contribution is 2.23. The van der Waals surface area contributed by atoms with Crippen LogP contribution >= 0.6 is 0 Å². The van der Waals surface area contributed by atoms with Gasteiger partial charge in [-0.25, -0.2) is 9.59 Å². The van der Waals surface area contributed by atoms with Crippen LogP contribution in [0.15, 0.2) is 22.1 Å². The molecule has 1 radical (unpaired) electrons. The zero-order chi connectivity index (χ0) is 9.68. The van der Waals surface area contributed by atoms with E-state index in [1.54, 1.807) is 6.92 Å². The minimum atomic E-state index is 0.370. The van der Waals surface area contributed by atoms with Gasteiger partial charge in [-0.3, -0.25) is 0 Å². The molecule has 0 aliphatic rings. The molecule has 0 atom stereocenters. The van der Waals surface area contributed by atoms with Crippen LogP contribution in [0.25, 0.3) is 0 Å². The third-order valence-corrected chi connectivity index (χ3v) is 1.45. The van der Waals surface area contributed by atoms with E-state index in [4.69, 9.17) is 0 Å². The summed E-state index contributed by atoms with van der Waals surface area (Å²) in [6.07, 6.45) is 2.80. The molecule has 0 fully saturated rings. The van der Waals surface area contributed by atoms with Crippen LogP contribution in [-0.2, 0) is 9.59 Å². The lowest BCUT2D eigenvalue weighted by Crippen LogP contribution is -1.74. The van der Waals surface area contributed by atoms with Gasteiger partial charge in [0.1, 0.15) is 0 Å². The first-order chi connectivity index (χ1) is 6.27. The van der Waals surface area contributed by atoms with Gasteiger partial charge in [0, 0.05) is 0 Å². The third kappa shape index (κ3) is 2.20. The summed E-state index contributed by atoms with van der Waals surface area (Å²) < 4.78 is 0. The van der Waals surface area contributed by atoms with Crippen molar-refractivity contribution in [1.29, 1.82) is 0 Å². The maximum Gasteiger partial charge on any atom is 0.240 e. The third-order valence-electron chi connectivity index (χ3n) is 1.45. The van der Waals surface area contributed by atoms with E-state index in [1.165, 1.54) is 24.3 Å². The Kier molecular flexibility index (Phi) is 2.87. The van der Waals surface area contributed by atoms with Crippen LogP contribution in [0.3, 0.4) is 0 Å². The van der Waals surface area contributed by atoms with E-state index in [9.17, 15) is 9.59 Å². The fourth-order valence-corrected chi connectivity index (χ4v) is 0.829. The molecule has 1 aromatic rings. The molecule has 0 aliphatic heterocycles. The highest BCUT2D eigenvalue weighted by molar-refractivity contribution is 5.61. The zero-order valence-corrected chi connectivity index (χ0v) is 6.87. The van der Waals surface area contributed by atoms with Crippen LogP contribution in [0.4, 0.5) is 11.4 Å². The minimum absolute atomic E-state index is 0.370.